The highest BCUT2D eigenvalue weighted by Crippen LogP contribution is 2.27. The minimum atomic E-state index is -1.48. The van der Waals surface area contributed by atoms with Gasteiger partial charge in [-0.1, -0.05) is 66.7 Å². The Balaban J connectivity index is 0.00000324. The summed E-state index contributed by atoms with van der Waals surface area (Å²) >= 11 is 0. The Hall–Kier alpha value is -4.01. The first-order valence-corrected chi connectivity index (χ1v) is 11.5. The molecule has 0 saturated heterocycles. The van der Waals surface area contributed by atoms with Gasteiger partial charge in [0.15, 0.2) is 11.0 Å². The number of benzene rings is 4. The second-order valence-corrected chi connectivity index (χ2v) is 8.39. The second kappa shape index (κ2) is 11.7. The van der Waals surface area contributed by atoms with Gasteiger partial charge in [-0.25, -0.2) is 13.4 Å². The average Bonchev–Trinajstić information content (AvgIpc) is 2.85. The van der Waals surface area contributed by atoms with E-state index in [0.717, 1.165) is 11.1 Å². The van der Waals surface area contributed by atoms with Crippen LogP contribution in [0.2, 0.25) is 0 Å². The lowest BCUT2D eigenvalue weighted by atomic mass is 10.1. The van der Waals surface area contributed by atoms with Crippen LogP contribution in [0.25, 0.3) is 11.1 Å². The number of anilines is 2. The number of hydrogen-bond acceptors (Lipinski definition) is 2. The molecule has 0 spiro atoms. The van der Waals surface area contributed by atoms with Crippen LogP contribution in [0.5, 0.6) is 0 Å². The Kier molecular flexibility index (Phi) is 8.50. The molecule has 0 heterocycles. The van der Waals surface area contributed by atoms with E-state index in [1.165, 1.54) is 6.07 Å². The van der Waals surface area contributed by atoms with E-state index in [-0.39, 0.29) is 17.8 Å². The lowest BCUT2D eigenvalue weighted by Gasteiger charge is -2.12. The molecule has 4 rings (SSSR count). The Morgan fingerprint density at radius 2 is 1.38 bits per heavy atom. The van der Waals surface area contributed by atoms with Crippen LogP contribution in [0.4, 0.5) is 20.6 Å². The number of rotatable bonds is 7. The molecule has 1 unspecified atom stereocenters. The van der Waals surface area contributed by atoms with Crippen LogP contribution >= 0.6 is 0 Å². The van der Waals surface area contributed by atoms with E-state index in [4.69, 9.17) is 0 Å². The summed E-state index contributed by atoms with van der Waals surface area (Å²) in [4.78, 5) is 12.8. The number of urea groups is 1. The van der Waals surface area contributed by atoms with Gasteiger partial charge in [-0.05, 0) is 47.5 Å². The molecule has 0 bridgehead atoms. The summed E-state index contributed by atoms with van der Waals surface area (Å²) in [5, 5.41) is 5.32. The first kappa shape index (κ1) is 24.6. The summed E-state index contributed by atoms with van der Waals surface area (Å²) < 4.78 is 29.7. The quantitative estimate of drug-likeness (QED) is 0.344. The summed E-state index contributed by atoms with van der Waals surface area (Å²) in [6, 6.07) is 30.0. The largest absolute Gasteiger partial charge is 0.412 e. The van der Waals surface area contributed by atoms with Crippen molar-refractivity contribution in [3.05, 3.63) is 115 Å². The molecule has 1 atom stereocenters. The molecule has 174 valence electrons. The van der Waals surface area contributed by atoms with Crippen LogP contribution in [0.3, 0.4) is 0 Å². The molecule has 2 amide bonds. The summed E-state index contributed by atoms with van der Waals surface area (Å²) in [6.45, 7) is 0.0813. The SMILES string of the molecule is O.O=C(NCc1ccccc1F)Nc1ccc(NS(=O)c2ccccc2-c2ccccc2)cc1. The van der Waals surface area contributed by atoms with E-state index in [1.54, 1.807) is 42.5 Å². The molecular formula is C26H24FN3O3S. The van der Waals surface area contributed by atoms with Crippen LogP contribution < -0.4 is 15.4 Å². The maximum atomic E-state index is 13.7. The molecule has 0 aliphatic rings. The van der Waals surface area contributed by atoms with Crippen molar-refractivity contribution < 1.29 is 18.9 Å². The minimum absolute atomic E-state index is 0. The first-order valence-electron chi connectivity index (χ1n) is 10.3. The molecule has 0 saturated carbocycles. The first-order chi connectivity index (χ1) is 16.1. The number of hydrogen-bond donors (Lipinski definition) is 3. The Labute approximate surface area is 199 Å². The van der Waals surface area contributed by atoms with Gasteiger partial charge in [-0.15, -0.1) is 0 Å². The van der Waals surface area contributed by atoms with E-state index in [0.29, 0.717) is 21.8 Å². The van der Waals surface area contributed by atoms with Gasteiger partial charge < -0.3 is 20.8 Å². The lowest BCUT2D eigenvalue weighted by Crippen LogP contribution is -2.28. The van der Waals surface area contributed by atoms with Crippen molar-refractivity contribution in [3.63, 3.8) is 0 Å². The molecule has 0 fully saturated rings. The van der Waals surface area contributed by atoms with Gasteiger partial charge in [0.2, 0.25) is 0 Å². The zero-order chi connectivity index (χ0) is 23.0. The van der Waals surface area contributed by atoms with Crippen molar-refractivity contribution in [1.29, 1.82) is 0 Å². The summed E-state index contributed by atoms with van der Waals surface area (Å²) in [7, 11) is -1.48. The Morgan fingerprint density at radius 1 is 0.765 bits per heavy atom. The number of carbonyl (C=O) groups excluding carboxylic acids is 1. The van der Waals surface area contributed by atoms with Gasteiger partial charge in [-0.3, -0.25) is 0 Å². The molecule has 0 aliphatic heterocycles. The molecule has 0 radical (unpaired) electrons. The Bertz CT molecular complexity index is 1270. The maximum absolute atomic E-state index is 13.7. The van der Waals surface area contributed by atoms with Crippen molar-refractivity contribution in [2.24, 2.45) is 0 Å². The third-order valence-electron chi connectivity index (χ3n) is 4.92. The summed E-state index contributed by atoms with van der Waals surface area (Å²) in [5.74, 6) is -0.366. The number of amides is 2. The minimum Gasteiger partial charge on any atom is -0.412 e. The molecule has 5 N–H and O–H groups in total. The predicted octanol–water partition coefficient (Wildman–Crippen LogP) is 5.12. The van der Waals surface area contributed by atoms with E-state index in [2.05, 4.69) is 15.4 Å². The van der Waals surface area contributed by atoms with Crippen LogP contribution in [0.15, 0.2) is 108 Å². The van der Waals surface area contributed by atoms with Gasteiger partial charge in [0.1, 0.15) is 5.82 Å². The van der Waals surface area contributed by atoms with E-state index < -0.39 is 17.0 Å². The van der Waals surface area contributed by atoms with Gasteiger partial charge in [0.05, 0.1) is 4.90 Å². The Morgan fingerprint density at radius 3 is 2.12 bits per heavy atom. The third kappa shape index (κ3) is 6.28. The zero-order valence-corrected chi connectivity index (χ0v) is 18.9. The highest BCUT2D eigenvalue weighted by atomic mass is 32.2. The fourth-order valence-electron chi connectivity index (χ4n) is 3.26. The highest BCUT2D eigenvalue weighted by Gasteiger charge is 2.11. The molecular weight excluding hydrogens is 453 g/mol. The summed E-state index contributed by atoms with van der Waals surface area (Å²) in [5.41, 5.74) is 3.50. The summed E-state index contributed by atoms with van der Waals surface area (Å²) in [6.07, 6.45) is 0. The molecule has 4 aromatic carbocycles. The van der Waals surface area contributed by atoms with E-state index in [9.17, 15) is 13.4 Å². The predicted molar refractivity (Wildman–Crippen MR) is 134 cm³/mol. The van der Waals surface area contributed by atoms with E-state index >= 15 is 0 Å². The van der Waals surface area contributed by atoms with Crippen molar-refractivity contribution in [3.8, 4) is 11.1 Å². The van der Waals surface area contributed by atoms with Crippen molar-refractivity contribution in [2.75, 3.05) is 10.0 Å². The van der Waals surface area contributed by atoms with Crippen LogP contribution in [0, 0.1) is 5.82 Å². The standard InChI is InChI=1S/C26H22FN3O2S.H2O/c27-24-12-6-4-10-20(24)18-28-26(31)29-21-14-16-22(17-15-21)30-33(32)25-13-7-5-11-23(25)19-8-2-1-3-9-19;/h1-17,30H,18H2,(H2,28,29,31);1H2. The van der Waals surface area contributed by atoms with Gasteiger partial charge in [0.25, 0.3) is 0 Å². The van der Waals surface area contributed by atoms with Crippen LogP contribution in [-0.2, 0) is 17.5 Å². The molecule has 6 nitrogen and oxygen atoms in total. The molecule has 4 aromatic rings. The highest BCUT2D eigenvalue weighted by molar-refractivity contribution is 7.86. The van der Waals surface area contributed by atoms with Gasteiger partial charge in [0, 0.05) is 23.5 Å². The van der Waals surface area contributed by atoms with Crippen LogP contribution in [0.1, 0.15) is 5.56 Å². The smallest absolute Gasteiger partial charge is 0.319 e. The topological polar surface area (TPSA) is 102 Å². The average molecular weight is 478 g/mol. The second-order valence-electron chi connectivity index (χ2n) is 7.21. The van der Waals surface area contributed by atoms with Crippen molar-refractivity contribution >= 4 is 28.4 Å². The zero-order valence-electron chi connectivity index (χ0n) is 18.1. The van der Waals surface area contributed by atoms with Crippen molar-refractivity contribution in [2.45, 2.75) is 11.4 Å². The third-order valence-corrected chi connectivity index (χ3v) is 6.10. The fourth-order valence-corrected chi connectivity index (χ4v) is 4.31. The number of carbonyl (C=O) groups is 1. The van der Waals surface area contributed by atoms with Crippen molar-refractivity contribution in [1.82, 2.24) is 5.32 Å². The van der Waals surface area contributed by atoms with Crippen LogP contribution in [-0.4, -0.2) is 15.7 Å². The molecule has 34 heavy (non-hydrogen) atoms. The maximum Gasteiger partial charge on any atom is 0.319 e. The van der Waals surface area contributed by atoms with E-state index in [1.807, 2.05) is 54.6 Å². The van der Waals surface area contributed by atoms with Gasteiger partial charge in [-0.2, -0.15) is 0 Å². The number of nitrogens with one attached hydrogen (secondary N) is 3. The molecule has 0 aliphatic carbocycles. The van der Waals surface area contributed by atoms with Gasteiger partial charge >= 0.3 is 6.03 Å². The molecule has 8 heteroatoms. The normalized spacial score (nSPS) is 11.1. The fraction of sp³-hybridized carbons (Fsp3) is 0.0385. The monoisotopic (exact) mass is 477 g/mol. The lowest BCUT2D eigenvalue weighted by molar-refractivity contribution is 0.251. The number of halogens is 1. The molecule has 0 aromatic heterocycles.